The van der Waals surface area contributed by atoms with E-state index in [1.165, 1.54) is 12.1 Å². The Labute approximate surface area is 223 Å². The largest absolute Gasteiger partial charge is 0.379 e. The average Bonchev–Trinajstić information content (AvgIpc) is 3.18. The number of hydrogen-bond donors (Lipinski definition) is 1. The van der Waals surface area contributed by atoms with Crippen molar-refractivity contribution in [1.29, 1.82) is 0 Å². The van der Waals surface area contributed by atoms with E-state index >= 15 is 0 Å². The van der Waals surface area contributed by atoms with Crippen LogP contribution in [-0.4, -0.2) is 115 Å². The Balaban J connectivity index is 1.33. The number of carbonyl (C=O) groups is 2. The molecule has 2 aromatic rings. The van der Waals surface area contributed by atoms with Crippen molar-refractivity contribution in [1.82, 2.24) is 30.2 Å². The van der Waals surface area contributed by atoms with E-state index in [0.717, 1.165) is 37.4 Å². The van der Waals surface area contributed by atoms with Crippen molar-refractivity contribution in [3.8, 4) is 11.3 Å². The van der Waals surface area contributed by atoms with Gasteiger partial charge in [-0.05, 0) is 56.7 Å². The predicted molar refractivity (Wildman–Crippen MR) is 143 cm³/mol. The normalized spacial score (nSPS) is 16.8. The van der Waals surface area contributed by atoms with Crippen LogP contribution in [0.5, 0.6) is 0 Å². The summed E-state index contributed by atoms with van der Waals surface area (Å²) in [6, 6.07) is 9.74. The lowest BCUT2D eigenvalue weighted by Crippen LogP contribution is -2.51. The van der Waals surface area contributed by atoms with Gasteiger partial charge in [-0.25, -0.2) is 9.18 Å². The van der Waals surface area contributed by atoms with Crippen LogP contribution in [0.1, 0.15) is 20.3 Å². The minimum atomic E-state index is -0.289. The number of nitrogens with one attached hydrogen (secondary N) is 1. The number of ether oxygens (including phenoxy) is 1. The minimum absolute atomic E-state index is 0.00853. The molecule has 0 unspecified atom stereocenters. The van der Waals surface area contributed by atoms with Gasteiger partial charge in [0, 0.05) is 64.0 Å². The van der Waals surface area contributed by atoms with Crippen molar-refractivity contribution < 1.29 is 18.7 Å². The number of anilines is 1. The Hall–Kier alpha value is -3.31. The quantitative estimate of drug-likeness (QED) is 0.562. The summed E-state index contributed by atoms with van der Waals surface area (Å²) in [4.78, 5) is 34.0. The number of urea groups is 1. The Morgan fingerprint density at radius 3 is 2.45 bits per heavy atom. The maximum atomic E-state index is 13.3. The smallest absolute Gasteiger partial charge is 0.318 e. The average molecular weight is 528 g/mol. The van der Waals surface area contributed by atoms with E-state index in [1.807, 2.05) is 30.9 Å². The standard InChI is InChI=1S/C27H38FN7O3/c1-21(2)29-27(37)35(13-12-32-16-18-38-19-17-32)20-26(36)34-11-3-10-33(14-15-34)25-9-8-24(30-31-25)22-4-6-23(28)7-5-22/h4-9,21H,3,10-20H2,1-2H3,(H,29,37). The molecule has 1 aromatic heterocycles. The number of carbonyl (C=O) groups excluding carboxylic acids is 2. The molecule has 2 aliphatic rings. The van der Waals surface area contributed by atoms with E-state index in [4.69, 9.17) is 4.74 Å². The fourth-order valence-corrected chi connectivity index (χ4v) is 4.61. The van der Waals surface area contributed by atoms with Crippen molar-refractivity contribution in [2.75, 3.05) is 77.0 Å². The molecule has 1 N–H and O–H groups in total. The van der Waals surface area contributed by atoms with Gasteiger partial charge in [0.05, 0.1) is 18.9 Å². The molecule has 206 valence electrons. The van der Waals surface area contributed by atoms with E-state index in [2.05, 4.69) is 25.3 Å². The van der Waals surface area contributed by atoms with Crippen LogP contribution in [0.25, 0.3) is 11.3 Å². The molecule has 0 radical (unpaired) electrons. The molecule has 0 spiro atoms. The lowest BCUT2D eigenvalue weighted by Gasteiger charge is -2.31. The van der Waals surface area contributed by atoms with Gasteiger partial charge in [-0.1, -0.05) is 0 Å². The van der Waals surface area contributed by atoms with Crippen LogP contribution >= 0.6 is 0 Å². The van der Waals surface area contributed by atoms with Gasteiger partial charge in [-0.3, -0.25) is 9.69 Å². The second-order valence-corrected chi connectivity index (χ2v) is 9.98. The van der Waals surface area contributed by atoms with Gasteiger partial charge in [0.2, 0.25) is 5.91 Å². The zero-order chi connectivity index (χ0) is 26.9. The summed E-state index contributed by atoms with van der Waals surface area (Å²) >= 11 is 0. The summed E-state index contributed by atoms with van der Waals surface area (Å²) in [5.74, 6) is 0.404. The highest BCUT2D eigenvalue weighted by molar-refractivity contribution is 5.84. The fourth-order valence-electron chi connectivity index (χ4n) is 4.61. The zero-order valence-electron chi connectivity index (χ0n) is 22.3. The van der Waals surface area contributed by atoms with Crippen molar-refractivity contribution in [2.45, 2.75) is 26.3 Å². The molecule has 2 fully saturated rings. The van der Waals surface area contributed by atoms with Gasteiger partial charge >= 0.3 is 6.03 Å². The van der Waals surface area contributed by atoms with Gasteiger partial charge in [0.15, 0.2) is 5.82 Å². The van der Waals surface area contributed by atoms with Gasteiger partial charge < -0.3 is 24.8 Å². The molecule has 38 heavy (non-hydrogen) atoms. The van der Waals surface area contributed by atoms with Gasteiger partial charge in [-0.2, -0.15) is 0 Å². The Morgan fingerprint density at radius 1 is 1.00 bits per heavy atom. The van der Waals surface area contributed by atoms with Crippen LogP contribution < -0.4 is 10.2 Å². The number of rotatable bonds is 8. The highest BCUT2D eigenvalue weighted by atomic mass is 19.1. The monoisotopic (exact) mass is 527 g/mol. The first-order valence-corrected chi connectivity index (χ1v) is 13.4. The molecule has 3 heterocycles. The molecule has 0 bridgehead atoms. The maximum Gasteiger partial charge on any atom is 0.318 e. The highest BCUT2D eigenvalue weighted by Crippen LogP contribution is 2.20. The highest BCUT2D eigenvalue weighted by Gasteiger charge is 2.25. The fraction of sp³-hybridized carbons (Fsp3) is 0.556. The van der Waals surface area contributed by atoms with E-state index in [-0.39, 0.29) is 30.3 Å². The summed E-state index contributed by atoms with van der Waals surface area (Å²) in [7, 11) is 0. The molecule has 0 aliphatic carbocycles. The third-order valence-corrected chi connectivity index (χ3v) is 6.78. The van der Waals surface area contributed by atoms with Gasteiger partial charge in [-0.15, -0.1) is 10.2 Å². The number of hydrogen-bond acceptors (Lipinski definition) is 7. The van der Waals surface area contributed by atoms with Crippen molar-refractivity contribution in [3.63, 3.8) is 0 Å². The first kappa shape index (κ1) is 27.7. The number of morpholine rings is 1. The lowest BCUT2D eigenvalue weighted by molar-refractivity contribution is -0.131. The Kier molecular flexibility index (Phi) is 9.83. The topological polar surface area (TPSA) is 94.1 Å². The molecule has 0 atom stereocenters. The number of halogens is 1. The molecule has 11 heteroatoms. The summed E-state index contributed by atoms with van der Waals surface area (Å²) in [6.45, 7) is 10.7. The summed E-state index contributed by atoms with van der Waals surface area (Å²) in [6.07, 6.45) is 0.791. The SMILES string of the molecule is CC(C)NC(=O)N(CCN1CCOCC1)CC(=O)N1CCCN(c2ccc(-c3ccc(F)cc3)nn2)CC1. The molecule has 1 aromatic carbocycles. The molecular weight excluding hydrogens is 489 g/mol. The lowest BCUT2D eigenvalue weighted by atomic mass is 10.1. The van der Waals surface area contributed by atoms with E-state index in [0.29, 0.717) is 51.6 Å². The Morgan fingerprint density at radius 2 is 1.76 bits per heavy atom. The first-order chi connectivity index (χ1) is 18.4. The van der Waals surface area contributed by atoms with E-state index in [1.54, 1.807) is 17.0 Å². The second kappa shape index (κ2) is 13.5. The maximum absolute atomic E-state index is 13.3. The van der Waals surface area contributed by atoms with Crippen LogP contribution in [0.15, 0.2) is 36.4 Å². The zero-order valence-corrected chi connectivity index (χ0v) is 22.3. The number of benzene rings is 1. The van der Waals surface area contributed by atoms with Gasteiger partial charge in [0.25, 0.3) is 0 Å². The van der Waals surface area contributed by atoms with Crippen LogP contribution in [0.4, 0.5) is 15.0 Å². The predicted octanol–water partition coefficient (Wildman–Crippen LogP) is 2.07. The van der Waals surface area contributed by atoms with Crippen molar-refractivity contribution in [3.05, 3.63) is 42.2 Å². The first-order valence-electron chi connectivity index (χ1n) is 13.4. The molecule has 2 aliphatic heterocycles. The summed E-state index contributed by atoms with van der Waals surface area (Å²) in [5, 5.41) is 11.6. The van der Waals surface area contributed by atoms with Crippen molar-refractivity contribution in [2.24, 2.45) is 0 Å². The molecule has 0 saturated carbocycles. The minimum Gasteiger partial charge on any atom is -0.379 e. The van der Waals surface area contributed by atoms with Crippen LogP contribution in [0, 0.1) is 5.82 Å². The Bertz CT molecular complexity index is 1050. The molecule has 10 nitrogen and oxygen atoms in total. The summed E-state index contributed by atoms with van der Waals surface area (Å²) in [5.41, 5.74) is 1.48. The second-order valence-electron chi connectivity index (χ2n) is 9.98. The third-order valence-electron chi connectivity index (χ3n) is 6.78. The van der Waals surface area contributed by atoms with Crippen LogP contribution in [0.3, 0.4) is 0 Å². The number of amides is 3. The van der Waals surface area contributed by atoms with Crippen LogP contribution in [-0.2, 0) is 9.53 Å². The summed E-state index contributed by atoms with van der Waals surface area (Å²) < 4.78 is 18.6. The number of nitrogens with zero attached hydrogens (tertiary/aromatic N) is 6. The number of aromatic nitrogens is 2. The molecular formula is C27H38FN7O3. The molecule has 3 amide bonds. The van der Waals surface area contributed by atoms with E-state index < -0.39 is 0 Å². The van der Waals surface area contributed by atoms with Gasteiger partial charge in [0.1, 0.15) is 12.4 Å². The van der Waals surface area contributed by atoms with Crippen molar-refractivity contribution >= 4 is 17.8 Å². The molecule has 2 saturated heterocycles. The third kappa shape index (κ3) is 7.84. The van der Waals surface area contributed by atoms with E-state index in [9.17, 15) is 14.0 Å². The van der Waals surface area contributed by atoms with Crippen LogP contribution in [0.2, 0.25) is 0 Å². The molecule has 4 rings (SSSR count).